The lowest BCUT2D eigenvalue weighted by Gasteiger charge is -2.28. The maximum Gasteiger partial charge on any atom is 0.500 e. The molecule has 186 valence electrons. The molecule has 0 aromatic carbocycles. The van der Waals surface area contributed by atoms with E-state index in [-0.39, 0.29) is 25.3 Å². The van der Waals surface area contributed by atoms with Crippen LogP contribution in [0.2, 0.25) is 6.04 Å². The zero-order valence-corrected chi connectivity index (χ0v) is 21.8. The Hall–Kier alpha value is -0.0131. The van der Waals surface area contributed by atoms with E-state index < -0.39 is 34.1 Å². The second-order valence-corrected chi connectivity index (χ2v) is 12.8. The summed E-state index contributed by atoms with van der Waals surface area (Å²) in [6, 6.07) is 0.679. The summed E-state index contributed by atoms with van der Waals surface area (Å²) in [5.41, 5.74) is -0.746. The average molecular weight is 506 g/mol. The summed E-state index contributed by atoms with van der Waals surface area (Å²) in [4.78, 5) is 29.7. The first-order valence-electron chi connectivity index (χ1n) is 10.7. The largest absolute Gasteiger partial charge is 0.500 e. The number of aliphatic hydroxyl groups is 1. The second kappa shape index (κ2) is 17.5. The summed E-state index contributed by atoms with van der Waals surface area (Å²) in [5.74, 6) is 0.226. The van der Waals surface area contributed by atoms with E-state index in [4.69, 9.17) is 27.8 Å². The van der Waals surface area contributed by atoms with Crippen molar-refractivity contribution >= 4 is 34.1 Å². The van der Waals surface area contributed by atoms with Gasteiger partial charge >= 0.3 is 22.4 Å². The Kier molecular flexibility index (Phi) is 17.5. The van der Waals surface area contributed by atoms with Crippen LogP contribution in [0.5, 0.6) is 0 Å². The number of hydrogen-bond acceptors (Lipinski definition) is 9. The molecule has 0 rings (SSSR count). The molecule has 4 N–H and O–H groups in total. The third-order valence-corrected chi connectivity index (χ3v) is 10.1. The van der Waals surface area contributed by atoms with Gasteiger partial charge in [0.05, 0.1) is 12.1 Å². The first-order valence-corrected chi connectivity index (χ1v) is 15.5. The van der Waals surface area contributed by atoms with Gasteiger partial charge in [-0.3, -0.25) is 9.36 Å². The van der Waals surface area contributed by atoms with Gasteiger partial charge in [-0.15, -0.1) is 0 Å². The van der Waals surface area contributed by atoms with Crippen molar-refractivity contribution in [1.29, 1.82) is 0 Å². The molecule has 0 radical (unpaired) electrons. The molecule has 2 unspecified atom stereocenters. The van der Waals surface area contributed by atoms with E-state index in [1.54, 1.807) is 0 Å². The maximum atomic E-state index is 11.7. The molecule has 0 fully saturated rings. The summed E-state index contributed by atoms with van der Waals surface area (Å²) in [6.45, 7) is 9.63. The quantitative estimate of drug-likeness (QED) is 0.0829. The Balaban J connectivity index is 3.95. The van der Waals surface area contributed by atoms with Crippen LogP contribution in [0.15, 0.2) is 0 Å². The van der Waals surface area contributed by atoms with Crippen LogP contribution in [0.1, 0.15) is 40.5 Å². The molecule has 0 saturated carbocycles. The number of nitrogens with one attached hydrogen (secondary N) is 1. The van der Waals surface area contributed by atoms with Crippen LogP contribution >= 0.6 is 19.4 Å². The van der Waals surface area contributed by atoms with Crippen molar-refractivity contribution in [3.63, 3.8) is 0 Å². The van der Waals surface area contributed by atoms with E-state index >= 15 is 0 Å². The molecule has 0 aromatic heterocycles. The molecule has 31 heavy (non-hydrogen) atoms. The lowest BCUT2D eigenvalue weighted by molar-refractivity contribution is -0.146. The van der Waals surface area contributed by atoms with Crippen molar-refractivity contribution in [1.82, 2.24) is 5.32 Å². The highest BCUT2D eigenvalue weighted by atomic mass is 32.2. The summed E-state index contributed by atoms with van der Waals surface area (Å²) in [6.07, 6.45) is 0.0692. The molecule has 0 amide bonds. The molecule has 2 atom stereocenters. The smallest absolute Gasteiger partial charge is 0.463 e. The lowest BCUT2D eigenvalue weighted by Crippen LogP contribution is -2.46. The number of rotatable bonds is 20. The Labute approximate surface area is 191 Å². The normalized spacial score (nSPS) is 14.4. The van der Waals surface area contributed by atoms with Crippen molar-refractivity contribution in [3.8, 4) is 0 Å². The molecule has 13 heteroatoms. The number of ether oxygens (including phenoxy) is 1. The summed E-state index contributed by atoms with van der Waals surface area (Å²) < 4.78 is 33.5. The molecule has 0 saturated heterocycles. The predicted octanol–water partition coefficient (Wildman–Crippen LogP) is 1.61. The Morgan fingerprint density at radius 2 is 1.71 bits per heavy atom. The maximum absolute atomic E-state index is 11.7. The fourth-order valence-corrected chi connectivity index (χ4v) is 7.05. The molecular formula is C18H40NO9PSSi. The number of hydrogen-bond donors (Lipinski definition) is 4. The van der Waals surface area contributed by atoms with Gasteiger partial charge in [-0.2, -0.15) is 11.8 Å². The van der Waals surface area contributed by atoms with Gasteiger partial charge in [-0.05, 0) is 33.7 Å². The van der Waals surface area contributed by atoms with E-state index in [9.17, 15) is 14.5 Å². The SMILES string of the molecule is CCO[Si](CCCNCC(O)COC(=O)CCSCC(C)P(=O)(O)O)(OCC)OCC. The molecular weight excluding hydrogens is 465 g/mol. The van der Waals surface area contributed by atoms with E-state index in [1.165, 1.54) is 18.7 Å². The highest BCUT2D eigenvalue weighted by Gasteiger charge is 2.39. The minimum Gasteiger partial charge on any atom is -0.463 e. The molecule has 0 spiro atoms. The molecule has 0 aliphatic heterocycles. The summed E-state index contributed by atoms with van der Waals surface area (Å²) in [5, 5.41) is 13.1. The first-order chi connectivity index (χ1) is 14.6. The number of carbonyl (C=O) groups excluding carboxylic acids is 1. The van der Waals surface area contributed by atoms with E-state index in [0.29, 0.717) is 38.2 Å². The number of aliphatic hydroxyl groups excluding tert-OH is 1. The first kappa shape index (κ1) is 31.0. The van der Waals surface area contributed by atoms with E-state index in [2.05, 4.69) is 5.32 Å². The zero-order valence-electron chi connectivity index (χ0n) is 19.1. The van der Waals surface area contributed by atoms with Crippen LogP contribution in [-0.2, 0) is 27.4 Å². The predicted molar refractivity (Wildman–Crippen MR) is 123 cm³/mol. The van der Waals surface area contributed by atoms with Crippen molar-refractivity contribution in [3.05, 3.63) is 0 Å². The van der Waals surface area contributed by atoms with E-state index in [0.717, 1.165) is 6.42 Å². The Bertz CT molecular complexity index is 509. The number of esters is 1. The molecule has 10 nitrogen and oxygen atoms in total. The topological polar surface area (TPSA) is 144 Å². The Morgan fingerprint density at radius 3 is 2.23 bits per heavy atom. The standard InChI is InChI=1S/C18H40NO9PSSi/c1-5-26-31(27-6-2,28-7-3)12-8-10-19-13-17(20)14-25-18(21)9-11-30-15-16(4)29(22,23)24/h16-17,19-20H,5-15H2,1-4H3,(H2,22,23,24). The molecule has 0 heterocycles. The fourth-order valence-electron chi connectivity index (χ4n) is 2.53. The van der Waals surface area contributed by atoms with Gasteiger partial charge in [0.15, 0.2) is 0 Å². The third-order valence-electron chi connectivity index (χ3n) is 4.13. The van der Waals surface area contributed by atoms with Crippen LogP contribution in [0, 0.1) is 0 Å². The van der Waals surface area contributed by atoms with Crippen molar-refractivity contribution in [2.45, 2.75) is 58.3 Å². The van der Waals surface area contributed by atoms with Crippen molar-refractivity contribution in [2.24, 2.45) is 0 Å². The van der Waals surface area contributed by atoms with Gasteiger partial charge in [0.25, 0.3) is 0 Å². The van der Waals surface area contributed by atoms with Gasteiger partial charge in [-0.1, -0.05) is 6.92 Å². The highest BCUT2D eigenvalue weighted by Crippen LogP contribution is 2.42. The number of carbonyl (C=O) groups is 1. The molecule has 0 aromatic rings. The van der Waals surface area contributed by atoms with E-state index in [1.807, 2.05) is 20.8 Å². The van der Waals surface area contributed by atoms with Gasteiger partial charge < -0.3 is 38.2 Å². The molecule has 0 aliphatic rings. The van der Waals surface area contributed by atoms with Gasteiger partial charge in [0, 0.05) is 43.9 Å². The lowest BCUT2D eigenvalue weighted by atomic mass is 10.3. The second-order valence-electron chi connectivity index (χ2n) is 6.89. The Morgan fingerprint density at radius 1 is 1.13 bits per heavy atom. The van der Waals surface area contributed by atoms with Gasteiger partial charge in [0.2, 0.25) is 0 Å². The highest BCUT2D eigenvalue weighted by molar-refractivity contribution is 7.99. The van der Waals surface area contributed by atoms with Crippen LogP contribution in [0.4, 0.5) is 0 Å². The average Bonchev–Trinajstić information content (AvgIpc) is 2.69. The monoisotopic (exact) mass is 505 g/mol. The van der Waals surface area contributed by atoms with Crippen LogP contribution in [0.3, 0.4) is 0 Å². The molecule has 0 bridgehead atoms. The van der Waals surface area contributed by atoms with Crippen LogP contribution in [-0.4, -0.2) is 92.5 Å². The van der Waals surface area contributed by atoms with Gasteiger partial charge in [0.1, 0.15) is 12.7 Å². The van der Waals surface area contributed by atoms with Crippen molar-refractivity contribution in [2.75, 3.05) is 51.0 Å². The third kappa shape index (κ3) is 15.5. The van der Waals surface area contributed by atoms with Crippen LogP contribution < -0.4 is 5.32 Å². The fraction of sp³-hybridized carbons (Fsp3) is 0.944. The molecule has 0 aliphatic carbocycles. The number of thioether (sulfide) groups is 1. The zero-order chi connectivity index (χ0) is 23.8. The van der Waals surface area contributed by atoms with Crippen LogP contribution in [0.25, 0.3) is 0 Å². The summed E-state index contributed by atoms with van der Waals surface area (Å²) >= 11 is 1.29. The van der Waals surface area contributed by atoms with Crippen molar-refractivity contribution < 1.29 is 42.3 Å². The summed E-state index contributed by atoms with van der Waals surface area (Å²) in [7, 11) is -6.73. The minimum absolute atomic E-state index is 0.106. The minimum atomic E-state index is -4.08. The van der Waals surface area contributed by atoms with Gasteiger partial charge in [-0.25, -0.2) is 0 Å².